The molecule has 1 N–H and O–H groups in total. The first-order valence-electron chi connectivity index (χ1n) is 10.4. The van der Waals surface area contributed by atoms with Gasteiger partial charge in [-0.1, -0.05) is 54.4 Å². The summed E-state index contributed by atoms with van der Waals surface area (Å²) in [5.74, 6) is 0. The summed E-state index contributed by atoms with van der Waals surface area (Å²) in [5.41, 5.74) is 3.35. The van der Waals surface area contributed by atoms with Gasteiger partial charge in [-0.2, -0.15) is 0 Å². The summed E-state index contributed by atoms with van der Waals surface area (Å²) in [4.78, 5) is 4.66. The molecule has 2 aromatic rings. The van der Waals surface area contributed by atoms with E-state index in [0.29, 0.717) is 15.2 Å². The van der Waals surface area contributed by atoms with Gasteiger partial charge in [0, 0.05) is 37.7 Å². The highest BCUT2D eigenvalue weighted by molar-refractivity contribution is 7.80. The SMILES string of the molecule is CCc1ccc(CN(CCCN2CCOCC2)C(=S)Nc2ccc(Cl)cc2Cl)cc1. The molecule has 4 nitrogen and oxygen atoms in total. The van der Waals surface area contributed by atoms with E-state index >= 15 is 0 Å². The Bertz CT molecular complexity index is 826. The highest BCUT2D eigenvalue weighted by Crippen LogP contribution is 2.26. The van der Waals surface area contributed by atoms with Crippen molar-refractivity contribution in [2.75, 3.05) is 44.7 Å². The molecule has 0 aliphatic carbocycles. The molecule has 0 radical (unpaired) electrons. The van der Waals surface area contributed by atoms with Crippen molar-refractivity contribution in [3.8, 4) is 0 Å². The third-order valence-electron chi connectivity index (χ3n) is 5.27. The van der Waals surface area contributed by atoms with Gasteiger partial charge in [0.25, 0.3) is 0 Å². The lowest BCUT2D eigenvalue weighted by atomic mass is 10.1. The second-order valence-electron chi connectivity index (χ2n) is 7.45. The summed E-state index contributed by atoms with van der Waals surface area (Å²) in [7, 11) is 0. The van der Waals surface area contributed by atoms with E-state index in [4.69, 9.17) is 40.2 Å². The first kappa shape index (κ1) is 23.3. The molecule has 0 bridgehead atoms. The van der Waals surface area contributed by atoms with Gasteiger partial charge < -0.3 is 15.0 Å². The van der Waals surface area contributed by atoms with Crippen LogP contribution in [0, 0.1) is 0 Å². The van der Waals surface area contributed by atoms with Gasteiger partial charge in [0.15, 0.2) is 5.11 Å². The molecule has 0 amide bonds. The molecule has 1 heterocycles. The maximum absolute atomic E-state index is 6.33. The van der Waals surface area contributed by atoms with Crippen LogP contribution in [-0.4, -0.2) is 54.3 Å². The van der Waals surface area contributed by atoms with Gasteiger partial charge in [-0.05, 0) is 54.4 Å². The van der Waals surface area contributed by atoms with Gasteiger partial charge in [-0.25, -0.2) is 0 Å². The van der Waals surface area contributed by atoms with Crippen LogP contribution in [0.3, 0.4) is 0 Å². The largest absolute Gasteiger partial charge is 0.379 e. The van der Waals surface area contributed by atoms with Gasteiger partial charge >= 0.3 is 0 Å². The Balaban J connectivity index is 1.65. The van der Waals surface area contributed by atoms with Crippen LogP contribution < -0.4 is 5.32 Å². The number of nitrogens with zero attached hydrogens (tertiary/aromatic N) is 2. The van der Waals surface area contributed by atoms with Gasteiger partial charge in [-0.15, -0.1) is 0 Å². The molecule has 3 rings (SSSR count). The lowest BCUT2D eigenvalue weighted by Crippen LogP contribution is -2.40. The van der Waals surface area contributed by atoms with Crippen molar-refractivity contribution in [1.82, 2.24) is 9.80 Å². The second-order valence-corrected chi connectivity index (χ2v) is 8.68. The van der Waals surface area contributed by atoms with Crippen LogP contribution in [0.2, 0.25) is 10.0 Å². The summed E-state index contributed by atoms with van der Waals surface area (Å²) in [6, 6.07) is 14.1. The maximum Gasteiger partial charge on any atom is 0.173 e. The average molecular weight is 466 g/mol. The monoisotopic (exact) mass is 465 g/mol. The van der Waals surface area contributed by atoms with Gasteiger partial charge in [0.05, 0.1) is 23.9 Å². The molecule has 0 atom stereocenters. The number of anilines is 1. The van der Waals surface area contributed by atoms with Crippen molar-refractivity contribution < 1.29 is 4.74 Å². The van der Waals surface area contributed by atoms with Crippen LogP contribution >= 0.6 is 35.4 Å². The molecule has 2 aromatic carbocycles. The van der Waals surface area contributed by atoms with Crippen LogP contribution in [-0.2, 0) is 17.7 Å². The van der Waals surface area contributed by atoms with Gasteiger partial charge in [0.2, 0.25) is 0 Å². The summed E-state index contributed by atoms with van der Waals surface area (Å²) < 4.78 is 5.44. The molecule has 162 valence electrons. The summed E-state index contributed by atoms with van der Waals surface area (Å²) in [6.07, 6.45) is 2.07. The molecule has 1 saturated heterocycles. The van der Waals surface area contributed by atoms with Crippen molar-refractivity contribution in [2.45, 2.75) is 26.3 Å². The van der Waals surface area contributed by atoms with E-state index < -0.39 is 0 Å². The molecule has 0 aromatic heterocycles. The third-order valence-corrected chi connectivity index (χ3v) is 6.18. The van der Waals surface area contributed by atoms with Crippen molar-refractivity contribution in [2.24, 2.45) is 0 Å². The topological polar surface area (TPSA) is 27.7 Å². The summed E-state index contributed by atoms with van der Waals surface area (Å²) in [5, 5.41) is 5.14. The number of ether oxygens (including phenoxy) is 1. The molecule has 1 aliphatic heterocycles. The van der Waals surface area contributed by atoms with E-state index in [-0.39, 0.29) is 0 Å². The fourth-order valence-electron chi connectivity index (χ4n) is 3.45. The number of thiocarbonyl (C=S) groups is 1. The smallest absolute Gasteiger partial charge is 0.173 e. The molecule has 1 aliphatic rings. The van der Waals surface area contributed by atoms with E-state index in [2.05, 4.69) is 46.3 Å². The fraction of sp³-hybridized carbons (Fsp3) is 0.435. The standard InChI is InChI=1S/C23H29Cl2N3OS/c1-2-18-4-6-19(7-5-18)17-28(11-3-10-27-12-14-29-15-13-27)23(30)26-22-9-8-20(24)16-21(22)25/h4-9,16H,2-3,10-15,17H2,1H3,(H,26,30). The Morgan fingerprint density at radius 2 is 1.80 bits per heavy atom. The third kappa shape index (κ3) is 7.10. The van der Waals surface area contributed by atoms with Crippen LogP contribution in [0.4, 0.5) is 5.69 Å². The zero-order valence-corrected chi connectivity index (χ0v) is 19.7. The van der Waals surface area contributed by atoms with Crippen LogP contribution in [0.15, 0.2) is 42.5 Å². The molecule has 30 heavy (non-hydrogen) atoms. The maximum atomic E-state index is 6.33. The Labute approximate surface area is 195 Å². The first-order chi connectivity index (χ1) is 14.5. The molecule has 0 saturated carbocycles. The number of halogens is 2. The van der Waals surface area contributed by atoms with Crippen LogP contribution in [0.5, 0.6) is 0 Å². The normalized spacial score (nSPS) is 14.5. The first-order valence-corrected chi connectivity index (χ1v) is 11.6. The summed E-state index contributed by atoms with van der Waals surface area (Å²) >= 11 is 18.1. The zero-order chi connectivity index (χ0) is 21.3. The van der Waals surface area contributed by atoms with Crippen molar-refractivity contribution in [3.63, 3.8) is 0 Å². The molecular weight excluding hydrogens is 437 g/mol. The van der Waals surface area contributed by atoms with Crippen molar-refractivity contribution >= 4 is 46.2 Å². The number of aryl methyl sites for hydroxylation is 1. The Morgan fingerprint density at radius 1 is 1.10 bits per heavy atom. The van der Waals surface area contributed by atoms with Crippen molar-refractivity contribution in [1.29, 1.82) is 0 Å². The van der Waals surface area contributed by atoms with E-state index in [1.54, 1.807) is 6.07 Å². The predicted octanol–water partition coefficient (Wildman–Crippen LogP) is 5.48. The van der Waals surface area contributed by atoms with E-state index in [0.717, 1.165) is 64.5 Å². The Morgan fingerprint density at radius 3 is 2.47 bits per heavy atom. The minimum absolute atomic E-state index is 0.561. The fourth-order valence-corrected chi connectivity index (χ4v) is 4.17. The highest BCUT2D eigenvalue weighted by Gasteiger charge is 2.15. The lowest BCUT2D eigenvalue weighted by Gasteiger charge is -2.30. The Kier molecular flexibility index (Phi) is 9.22. The van der Waals surface area contributed by atoms with Crippen LogP contribution in [0.1, 0.15) is 24.5 Å². The number of rotatable bonds is 8. The van der Waals surface area contributed by atoms with E-state index in [1.807, 2.05) is 12.1 Å². The lowest BCUT2D eigenvalue weighted by molar-refractivity contribution is 0.0368. The summed E-state index contributed by atoms with van der Waals surface area (Å²) in [6.45, 7) is 8.48. The second kappa shape index (κ2) is 11.9. The quantitative estimate of drug-likeness (QED) is 0.521. The van der Waals surface area contributed by atoms with Gasteiger partial charge in [-0.3, -0.25) is 4.90 Å². The van der Waals surface area contributed by atoms with Crippen molar-refractivity contribution in [3.05, 3.63) is 63.6 Å². The average Bonchev–Trinajstić information content (AvgIpc) is 2.76. The van der Waals surface area contributed by atoms with Crippen LogP contribution in [0.25, 0.3) is 0 Å². The van der Waals surface area contributed by atoms with E-state index in [9.17, 15) is 0 Å². The minimum atomic E-state index is 0.561. The number of hydrogen-bond donors (Lipinski definition) is 1. The number of morpholine rings is 1. The molecular formula is C23H29Cl2N3OS. The number of nitrogens with one attached hydrogen (secondary N) is 1. The number of benzene rings is 2. The molecule has 0 spiro atoms. The zero-order valence-electron chi connectivity index (χ0n) is 17.4. The Hall–Kier alpha value is -1.37. The number of hydrogen-bond acceptors (Lipinski definition) is 3. The molecule has 1 fully saturated rings. The van der Waals surface area contributed by atoms with Gasteiger partial charge in [0.1, 0.15) is 0 Å². The molecule has 7 heteroatoms. The highest BCUT2D eigenvalue weighted by atomic mass is 35.5. The minimum Gasteiger partial charge on any atom is -0.379 e. The van der Waals surface area contributed by atoms with E-state index in [1.165, 1.54) is 11.1 Å². The predicted molar refractivity (Wildman–Crippen MR) is 131 cm³/mol. The molecule has 0 unspecified atom stereocenters.